The zero-order valence-electron chi connectivity index (χ0n) is 16.0. The Morgan fingerprint density at radius 2 is 1.86 bits per heavy atom. The summed E-state index contributed by atoms with van der Waals surface area (Å²) in [5, 5.41) is 0.856. The highest BCUT2D eigenvalue weighted by Crippen LogP contribution is 2.20. The van der Waals surface area contributed by atoms with Gasteiger partial charge < -0.3 is 9.32 Å². The molecule has 9 heteroatoms. The summed E-state index contributed by atoms with van der Waals surface area (Å²) in [6.45, 7) is 3.30. The van der Waals surface area contributed by atoms with E-state index in [1.165, 1.54) is 19.2 Å². The Hall–Kier alpha value is -2.75. The third-order valence-corrected chi connectivity index (χ3v) is 6.38. The molecule has 2 aromatic heterocycles. The van der Waals surface area contributed by atoms with E-state index in [0.717, 1.165) is 36.1 Å². The summed E-state index contributed by atoms with van der Waals surface area (Å²) in [5.74, 6) is -0.264. The van der Waals surface area contributed by atoms with Crippen LogP contribution < -0.4 is 4.72 Å². The molecule has 1 fully saturated rings. The molecule has 3 aromatic rings. The molecular formula is C20H22N4O4S. The Morgan fingerprint density at radius 3 is 2.62 bits per heavy atom. The number of pyridine rings is 1. The van der Waals surface area contributed by atoms with Crippen molar-refractivity contribution in [1.82, 2.24) is 19.5 Å². The summed E-state index contributed by atoms with van der Waals surface area (Å²) in [7, 11) is -2.41. The van der Waals surface area contributed by atoms with Crippen molar-refractivity contribution in [2.24, 2.45) is 0 Å². The molecule has 0 unspecified atom stereocenters. The quantitative estimate of drug-likeness (QED) is 0.683. The first-order valence-corrected chi connectivity index (χ1v) is 10.8. The van der Waals surface area contributed by atoms with Crippen molar-refractivity contribution in [3.8, 4) is 0 Å². The number of carbonyl (C=O) groups is 1. The summed E-state index contributed by atoms with van der Waals surface area (Å²) in [5.41, 5.74) is 2.16. The molecule has 1 aromatic carbocycles. The molecule has 1 saturated heterocycles. The van der Waals surface area contributed by atoms with Gasteiger partial charge in [-0.05, 0) is 30.8 Å². The lowest BCUT2D eigenvalue weighted by Crippen LogP contribution is -2.48. The lowest BCUT2D eigenvalue weighted by Gasteiger charge is -2.34. The molecule has 1 aliphatic rings. The molecule has 0 bridgehead atoms. The number of nitrogens with one attached hydrogen (secondary N) is 1. The van der Waals surface area contributed by atoms with Crippen LogP contribution in [0, 0.1) is 0 Å². The number of rotatable bonds is 5. The molecule has 29 heavy (non-hydrogen) atoms. The summed E-state index contributed by atoms with van der Waals surface area (Å²) in [4.78, 5) is 21.1. The van der Waals surface area contributed by atoms with Crippen molar-refractivity contribution >= 4 is 26.8 Å². The second-order valence-electron chi connectivity index (χ2n) is 6.89. The average Bonchev–Trinajstić information content (AvgIpc) is 3.25. The summed E-state index contributed by atoms with van der Waals surface area (Å²) < 4.78 is 31.0. The van der Waals surface area contributed by atoms with Gasteiger partial charge in [0.1, 0.15) is 0 Å². The molecule has 1 N–H and O–H groups in total. The van der Waals surface area contributed by atoms with Crippen molar-refractivity contribution in [2.45, 2.75) is 11.6 Å². The van der Waals surface area contributed by atoms with Crippen molar-refractivity contribution in [3.05, 3.63) is 60.0 Å². The minimum Gasteiger partial charge on any atom is -0.438 e. The van der Waals surface area contributed by atoms with Crippen LogP contribution in [0.2, 0.25) is 0 Å². The lowest BCUT2D eigenvalue weighted by atomic mass is 10.1. The number of sulfonamides is 1. The Balaban J connectivity index is 1.40. The van der Waals surface area contributed by atoms with Crippen LogP contribution in [0.25, 0.3) is 10.9 Å². The molecule has 8 nitrogen and oxygen atoms in total. The minimum atomic E-state index is -3.70. The van der Waals surface area contributed by atoms with Crippen LogP contribution in [0.15, 0.2) is 58.2 Å². The van der Waals surface area contributed by atoms with Gasteiger partial charge in [-0.15, -0.1) is 0 Å². The van der Waals surface area contributed by atoms with E-state index >= 15 is 0 Å². The highest BCUT2D eigenvalue weighted by atomic mass is 32.2. The van der Waals surface area contributed by atoms with Gasteiger partial charge in [-0.25, -0.2) is 13.1 Å². The molecule has 152 valence electrons. The third-order valence-electron chi connectivity index (χ3n) is 5.10. The normalized spacial score (nSPS) is 15.7. The maximum atomic E-state index is 12.7. The highest BCUT2D eigenvalue weighted by Gasteiger charge is 2.26. The van der Waals surface area contributed by atoms with E-state index in [9.17, 15) is 13.2 Å². The first kappa shape index (κ1) is 19.6. The fourth-order valence-electron chi connectivity index (χ4n) is 3.48. The van der Waals surface area contributed by atoms with Gasteiger partial charge in [-0.1, -0.05) is 24.3 Å². The fraction of sp³-hybridized carbons (Fsp3) is 0.300. The topological polar surface area (TPSA) is 95.8 Å². The van der Waals surface area contributed by atoms with Crippen molar-refractivity contribution < 1.29 is 17.6 Å². The molecule has 1 aliphatic heterocycles. The van der Waals surface area contributed by atoms with Crippen LogP contribution in [0.3, 0.4) is 0 Å². The maximum absolute atomic E-state index is 12.7. The van der Waals surface area contributed by atoms with Crippen molar-refractivity contribution in [2.75, 3.05) is 33.2 Å². The van der Waals surface area contributed by atoms with Crippen LogP contribution >= 0.6 is 0 Å². The van der Waals surface area contributed by atoms with Crippen molar-refractivity contribution in [3.63, 3.8) is 0 Å². The first-order valence-electron chi connectivity index (χ1n) is 9.35. The monoisotopic (exact) mass is 414 g/mol. The van der Waals surface area contributed by atoms with E-state index in [2.05, 4.69) is 20.7 Å². The number of hydrogen-bond acceptors (Lipinski definition) is 6. The summed E-state index contributed by atoms with van der Waals surface area (Å²) in [6.07, 6.45) is 1.80. The number of aromatic nitrogens is 1. The number of benzene rings is 1. The van der Waals surface area contributed by atoms with E-state index in [-0.39, 0.29) is 16.8 Å². The molecule has 0 spiro atoms. The second-order valence-corrected chi connectivity index (χ2v) is 8.70. The third kappa shape index (κ3) is 4.02. The maximum Gasteiger partial charge on any atom is 0.289 e. The van der Waals surface area contributed by atoms with Gasteiger partial charge in [0.05, 0.1) is 5.52 Å². The average molecular weight is 414 g/mol. The van der Waals surface area contributed by atoms with Gasteiger partial charge >= 0.3 is 0 Å². The van der Waals surface area contributed by atoms with Crippen LogP contribution in [0.4, 0.5) is 0 Å². The highest BCUT2D eigenvalue weighted by molar-refractivity contribution is 7.89. The Bertz CT molecular complexity index is 1130. The lowest BCUT2D eigenvalue weighted by molar-refractivity contribution is 0.0593. The first-order chi connectivity index (χ1) is 14.0. The number of para-hydroxylation sites is 1. The summed E-state index contributed by atoms with van der Waals surface area (Å²) in [6, 6.07) is 12.8. The Kier molecular flexibility index (Phi) is 5.35. The van der Waals surface area contributed by atoms with Crippen LogP contribution in [-0.2, 0) is 16.6 Å². The largest absolute Gasteiger partial charge is 0.438 e. The number of hydrogen-bond donors (Lipinski definition) is 1. The number of furan rings is 1. The summed E-state index contributed by atoms with van der Waals surface area (Å²) >= 11 is 0. The van der Waals surface area contributed by atoms with Crippen LogP contribution in [0.1, 0.15) is 16.1 Å². The van der Waals surface area contributed by atoms with Crippen LogP contribution in [0.5, 0.6) is 0 Å². The smallest absolute Gasteiger partial charge is 0.289 e. The molecule has 3 heterocycles. The molecule has 0 aliphatic carbocycles. The Labute approximate surface area is 169 Å². The number of carbonyl (C=O) groups excluding carboxylic acids is 1. The number of fused-ring (bicyclic) bond motifs is 1. The minimum absolute atomic E-state index is 0.0329. The Morgan fingerprint density at radius 1 is 1.10 bits per heavy atom. The zero-order valence-corrected chi connectivity index (χ0v) is 16.9. The van der Waals surface area contributed by atoms with Gasteiger partial charge in [0.2, 0.25) is 5.09 Å². The van der Waals surface area contributed by atoms with E-state index in [1.807, 2.05) is 24.3 Å². The molecule has 1 amide bonds. The molecule has 4 rings (SSSR count). The fourth-order valence-corrected chi connectivity index (χ4v) is 4.13. The molecule has 0 atom stereocenters. The van der Waals surface area contributed by atoms with Gasteiger partial charge in [0.15, 0.2) is 5.76 Å². The number of amides is 1. The molecule has 0 radical (unpaired) electrons. The van der Waals surface area contributed by atoms with E-state index < -0.39 is 10.0 Å². The van der Waals surface area contributed by atoms with Crippen LogP contribution in [-0.4, -0.2) is 62.3 Å². The van der Waals surface area contributed by atoms with Gasteiger partial charge in [0, 0.05) is 44.3 Å². The SMILES string of the molecule is CNS(=O)(=O)c1ccc(C(=O)N2CCN(Cc3cccc4cccnc34)CC2)o1. The van der Waals surface area contributed by atoms with E-state index in [1.54, 1.807) is 11.1 Å². The van der Waals surface area contributed by atoms with Crippen molar-refractivity contribution in [1.29, 1.82) is 0 Å². The molecular weight excluding hydrogens is 392 g/mol. The predicted octanol–water partition coefficient (Wildman–Crippen LogP) is 1.69. The molecule has 0 saturated carbocycles. The second kappa shape index (κ2) is 7.94. The van der Waals surface area contributed by atoms with Gasteiger partial charge in [-0.3, -0.25) is 14.7 Å². The zero-order chi connectivity index (χ0) is 20.4. The van der Waals surface area contributed by atoms with E-state index in [0.29, 0.717) is 13.1 Å². The standard InChI is InChI=1S/C20H22N4O4S/c1-21-29(26,27)18-8-7-17(28-18)20(25)24-12-10-23(11-13-24)14-16-5-2-4-15-6-3-9-22-19(15)16/h2-9,21H,10-14H2,1H3. The predicted molar refractivity (Wildman–Crippen MR) is 108 cm³/mol. The van der Waals surface area contributed by atoms with E-state index in [4.69, 9.17) is 4.42 Å². The number of nitrogens with zero attached hydrogens (tertiary/aromatic N) is 3. The number of piperazine rings is 1. The van der Waals surface area contributed by atoms with Gasteiger partial charge in [0.25, 0.3) is 15.9 Å². The van der Waals surface area contributed by atoms with Gasteiger partial charge in [-0.2, -0.15) is 0 Å².